The lowest BCUT2D eigenvalue weighted by Crippen LogP contribution is -2.09. The summed E-state index contributed by atoms with van der Waals surface area (Å²) in [7, 11) is 0. The molecule has 0 heterocycles. The first-order chi connectivity index (χ1) is 9.49. The molecule has 1 N–H and O–H groups in total. The lowest BCUT2D eigenvalue weighted by molar-refractivity contribution is -0.385. The predicted molar refractivity (Wildman–Crippen MR) is 72.7 cm³/mol. The Morgan fingerprint density at radius 1 is 1.35 bits per heavy atom. The van der Waals surface area contributed by atoms with E-state index >= 15 is 0 Å². The van der Waals surface area contributed by atoms with Crippen molar-refractivity contribution in [2.75, 3.05) is 0 Å². The number of hydrogen-bond acceptors (Lipinski definition) is 4. The molecule has 1 aromatic carbocycles. The Morgan fingerprint density at radius 3 is 2.55 bits per heavy atom. The van der Waals surface area contributed by atoms with E-state index in [1.54, 1.807) is 0 Å². The van der Waals surface area contributed by atoms with Crippen molar-refractivity contribution in [2.24, 2.45) is 0 Å². The number of nitro groups is 1. The Kier molecular flexibility index (Phi) is 4.59. The number of aromatic carboxylic acids is 1. The molecule has 5 nitrogen and oxygen atoms in total. The van der Waals surface area contributed by atoms with Crippen LogP contribution in [0.1, 0.15) is 42.5 Å². The molecule has 1 fully saturated rings. The molecule has 0 aliphatic heterocycles. The number of benzene rings is 1. The second-order valence-corrected chi connectivity index (χ2v) is 6.08. The molecule has 1 saturated carbocycles. The minimum absolute atomic E-state index is 0.180. The van der Waals surface area contributed by atoms with Gasteiger partial charge in [0.1, 0.15) is 11.4 Å². The van der Waals surface area contributed by atoms with Gasteiger partial charge in [0.15, 0.2) is 0 Å². The maximum Gasteiger partial charge on any atom is 0.342 e. The highest BCUT2D eigenvalue weighted by molar-refractivity contribution is 8.00. The predicted octanol–water partition coefficient (Wildman–Crippen LogP) is 3.86. The molecule has 20 heavy (non-hydrogen) atoms. The van der Waals surface area contributed by atoms with Crippen LogP contribution in [0, 0.1) is 15.9 Å². The third kappa shape index (κ3) is 3.27. The van der Waals surface area contributed by atoms with Gasteiger partial charge in [0.2, 0.25) is 0 Å². The molecule has 108 valence electrons. The smallest absolute Gasteiger partial charge is 0.342 e. The molecule has 0 saturated heterocycles. The van der Waals surface area contributed by atoms with Crippen molar-refractivity contribution in [1.82, 2.24) is 0 Å². The quantitative estimate of drug-likeness (QED) is 0.674. The second kappa shape index (κ2) is 6.21. The SMILES string of the molecule is O=C(O)c1cc(SC2CCCCC2)c(F)cc1[N+](=O)[O-]. The van der Waals surface area contributed by atoms with Crippen molar-refractivity contribution < 1.29 is 19.2 Å². The van der Waals surface area contributed by atoms with Gasteiger partial charge in [-0.15, -0.1) is 11.8 Å². The molecule has 0 spiro atoms. The highest BCUT2D eigenvalue weighted by Gasteiger charge is 2.25. The lowest BCUT2D eigenvalue weighted by Gasteiger charge is -2.21. The van der Waals surface area contributed by atoms with Crippen molar-refractivity contribution >= 4 is 23.4 Å². The molecule has 1 aliphatic rings. The van der Waals surface area contributed by atoms with Crippen LogP contribution in [0.4, 0.5) is 10.1 Å². The van der Waals surface area contributed by atoms with Crippen LogP contribution in [0.2, 0.25) is 0 Å². The zero-order valence-corrected chi connectivity index (χ0v) is 11.5. The van der Waals surface area contributed by atoms with Gasteiger partial charge >= 0.3 is 5.97 Å². The lowest BCUT2D eigenvalue weighted by atomic mass is 10.0. The van der Waals surface area contributed by atoms with Crippen LogP contribution in [0.3, 0.4) is 0 Å². The van der Waals surface area contributed by atoms with Crippen LogP contribution < -0.4 is 0 Å². The van der Waals surface area contributed by atoms with Crippen molar-refractivity contribution in [3.05, 3.63) is 33.6 Å². The van der Waals surface area contributed by atoms with Gasteiger partial charge in [-0.1, -0.05) is 19.3 Å². The average Bonchev–Trinajstić information content (AvgIpc) is 2.41. The van der Waals surface area contributed by atoms with Crippen molar-refractivity contribution in [2.45, 2.75) is 42.2 Å². The van der Waals surface area contributed by atoms with E-state index < -0.39 is 28.0 Å². The van der Waals surface area contributed by atoms with Crippen LogP contribution in [-0.4, -0.2) is 21.2 Å². The van der Waals surface area contributed by atoms with Gasteiger partial charge in [-0.2, -0.15) is 0 Å². The van der Waals surface area contributed by atoms with E-state index in [1.807, 2.05) is 0 Å². The summed E-state index contributed by atoms with van der Waals surface area (Å²) in [5, 5.41) is 20.0. The maximum absolute atomic E-state index is 13.9. The van der Waals surface area contributed by atoms with Crippen LogP contribution >= 0.6 is 11.8 Å². The molecule has 0 aromatic heterocycles. The van der Waals surface area contributed by atoms with Gasteiger partial charge in [0.25, 0.3) is 5.69 Å². The molecule has 0 bridgehead atoms. The normalized spacial score (nSPS) is 16.1. The topological polar surface area (TPSA) is 80.4 Å². The summed E-state index contributed by atoms with van der Waals surface area (Å²) < 4.78 is 13.9. The number of nitro benzene ring substituents is 1. The first-order valence-electron chi connectivity index (χ1n) is 6.37. The number of carboxylic acids is 1. The number of rotatable bonds is 4. The Balaban J connectivity index is 2.31. The van der Waals surface area contributed by atoms with E-state index in [4.69, 9.17) is 5.11 Å². The molecular weight excluding hydrogens is 285 g/mol. The van der Waals surface area contributed by atoms with E-state index in [-0.39, 0.29) is 10.1 Å². The number of nitrogens with zero attached hydrogens (tertiary/aromatic N) is 1. The van der Waals surface area contributed by atoms with Gasteiger partial charge in [-0.05, 0) is 18.9 Å². The monoisotopic (exact) mass is 299 g/mol. The molecule has 0 unspecified atom stereocenters. The number of hydrogen-bond donors (Lipinski definition) is 1. The summed E-state index contributed by atoms with van der Waals surface area (Å²) in [6, 6.07) is 1.78. The fraction of sp³-hybridized carbons (Fsp3) is 0.462. The summed E-state index contributed by atoms with van der Waals surface area (Å²) in [6.07, 6.45) is 5.25. The van der Waals surface area contributed by atoms with Gasteiger partial charge in [0, 0.05) is 10.1 Å². The summed E-state index contributed by atoms with van der Waals surface area (Å²) in [6.45, 7) is 0. The van der Waals surface area contributed by atoms with E-state index in [9.17, 15) is 19.3 Å². The van der Waals surface area contributed by atoms with Crippen LogP contribution in [-0.2, 0) is 0 Å². The number of halogens is 1. The molecule has 2 rings (SSSR count). The molecule has 0 amide bonds. The third-order valence-electron chi connectivity index (χ3n) is 3.32. The second-order valence-electron chi connectivity index (χ2n) is 4.74. The van der Waals surface area contributed by atoms with E-state index in [2.05, 4.69) is 0 Å². The average molecular weight is 299 g/mol. The zero-order valence-electron chi connectivity index (χ0n) is 10.7. The van der Waals surface area contributed by atoms with Crippen LogP contribution in [0.15, 0.2) is 17.0 Å². The minimum Gasteiger partial charge on any atom is -0.477 e. The van der Waals surface area contributed by atoms with E-state index in [1.165, 1.54) is 18.2 Å². The molecule has 0 atom stereocenters. The third-order valence-corrected chi connectivity index (χ3v) is 4.69. The molecule has 0 radical (unpaired) electrons. The van der Waals surface area contributed by atoms with Crippen molar-refractivity contribution in [3.8, 4) is 0 Å². The highest BCUT2D eigenvalue weighted by atomic mass is 32.2. The Morgan fingerprint density at radius 2 is 2.00 bits per heavy atom. The molecule has 7 heteroatoms. The molecule has 1 aliphatic carbocycles. The fourth-order valence-corrected chi connectivity index (χ4v) is 3.60. The largest absolute Gasteiger partial charge is 0.477 e. The summed E-state index contributed by atoms with van der Waals surface area (Å²) in [5.74, 6) is -2.14. The van der Waals surface area contributed by atoms with Gasteiger partial charge in [0.05, 0.1) is 11.0 Å². The van der Waals surface area contributed by atoms with E-state index in [0.29, 0.717) is 6.07 Å². The minimum atomic E-state index is -1.41. The Bertz CT molecular complexity index is 543. The van der Waals surface area contributed by atoms with Crippen molar-refractivity contribution in [3.63, 3.8) is 0 Å². The Hall–Kier alpha value is -1.63. The number of carboxylic acid groups (broad SMARTS) is 1. The number of carbonyl (C=O) groups is 1. The fourth-order valence-electron chi connectivity index (χ4n) is 2.32. The summed E-state index contributed by atoms with van der Waals surface area (Å²) in [5.41, 5.74) is -1.17. The van der Waals surface area contributed by atoms with Gasteiger partial charge < -0.3 is 5.11 Å². The Labute approximate surface area is 119 Å². The van der Waals surface area contributed by atoms with Crippen LogP contribution in [0.5, 0.6) is 0 Å². The summed E-state index contributed by atoms with van der Waals surface area (Å²) >= 11 is 1.28. The van der Waals surface area contributed by atoms with Crippen molar-refractivity contribution in [1.29, 1.82) is 0 Å². The zero-order chi connectivity index (χ0) is 14.7. The maximum atomic E-state index is 13.9. The van der Waals surface area contributed by atoms with E-state index in [0.717, 1.165) is 31.7 Å². The first-order valence-corrected chi connectivity index (χ1v) is 7.25. The summed E-state index contributed by atoms with van der Waals surface area (Å²) in [4.78, 5) is 21.1. The number of thioether (sulfide) groups is 1. The highest BCUT2D eigenvalue weighted by Crippen LogP contribution is 2.37. The standard InChI is InChI=1S/C13H14FNO4S/c14-10-7-11(15(18)19)9(13(16)17)6-12(10)20-8-4-2-1-3-5-8/h6-8H,1-5H2,(H,16,17). The van der Waals surface area contributed by atoms with Gasteiger partial charge in [-0.3, -0.25) is 10.1 Å². The van der Waals surface area contributed by atoms with Gasteiger partial charge in [-0.25, -0.2) is 9.18 Å². The molecule has 1 aromatic rings. The first kappa shape index (κ1) is 14.8. The van der Waals surface area contributed by atoms with Crippen LogP contribution in [0.25, 0.3) is 0 Å². The molecular formula is C13H14FNO4S.